The Morgan fingerprint density at radius 2 is 2.14 bits per heavy atom. The summed E-state index contributed by atoms with van der Waals surface area (Å²) >= 11 is 0. The Hall–Kier alpha value is -1.04. The van der Waals surface area contributed by atoms with Gasteiger partial charge in [-0.15, -0.1) is 0 Å². The molecule has 1 radical (unpaired) electrons. The zero-order chi connectivity index (χ0) is 10.6. The topological polar surface area (TPSA) is 0 Å². The zero-order valence-corrected chi connectivity index (χ0v) is 9.22. The quantitative estimate of drug-likeness (QED) is 0.662. The van der Waals surface area contributed by atoms with Crippen molar-refractivity contribution in [3.05, 3.63) is 48.4 Å². The third kappa shape index (κ3) is 2.25. The second kappa shape index (κ2) is 4.99. The monoisotopic (exact) mass is 187 g/mol. The molecule has 0 fully saturated rings. The van der Waals surface area contributed by atoms with Gasteiger partial charge in [0.25, 0.3) is 0 Å². The molecule has 0 saturated carbocycles. The fraction of sp³-hybridized carbons (Fsp3) is 0.357. The first-order valence-electron chi connectivity index (χ1n) is 5.28. The van der Waals surface area contributed by atoms with Crippen molar-refractivity contribution in [1.29, 1.82) is 0 Å². The second-order valence-corrected chi connectivity index (χ2v) is 3.78. The lowest BCUT2D eigenvalue weighted by atomic mass is 9.92. The molecule has 14 heavy (non-hydrogen) atoms. The van der Waals surface area contributed by atoms with Crippen LogP contribution in [0, 0.1) is 6.92 Å². The number of hydrogen-bond donors (Lipinski definition) is 0. The maximum absolute atomic E-state index is 4.07. The summed E-state index contributed by atoms with van der Waals surface area (Å²) in [4.78, 5) is 0. The van der Waals surface area contributed by atoms with Crippen molar-refractivity contribution in [3.63, 3.8) is 0 Å². The van der Waals surface area contributed by atoms with Crippen LogP contribution in [-0.2, 0) is 6.42 Å². The van der Waals surface area contributed by atoms with Crippen molar-refractivity contribution in [2.45, 2.75) is 32.6 Å². The number of benzene rings is 1. The van der Waals surface area contributed by atoms with Crippen LogP contribution in [0.25, 0.3) is 6.08 Å². The molecule has 0 heterocycles. The highest BCUT2D eigenvalue weighted by atomic mass is 14.1. The molecule has 0 aliphatic heterocycles. The van der Waals surface area contributed by atoms with Crippen molar-refractivity contribution < 1.29 is 0 Å². The first-order chi connectivity index (χ1) is 6.70. The lowest BCUT2D eigenvalue weighted by molar-refractivity contribution is 0.900. The molecule has 1 atom stereocenters. The van der Waals surface area contributed by atoms with Crippen molar-refractivity contribution in [2.75, 3.05) is 0 Å². The van der Waals surface area contributed by atoms with Gasteiger partial charge in [-0.1, -0.05) is 51.1 Å². The maximum Gasteiger partial charge on any atom is -0.0184 e. The molecule has 0 saturated heterocycles. The Balaban J connectivity index is 3.17. The van der Waals surface area contributed by atoms with Gasteiger partial charge < -0.3 is 0 Å². The summed E-state index contributed by atoms with van der Waals surface area (Å²) in [6.45, 7) is 12.3. The average Bonchev–Trinajstić information content (AvgIpc) is 2.18. The van der Waals surface area contributed by atoms with Crippen LogP contribution >= 0.6 is 0 Å². The molecule has 0 aromatic heterocycles. The summed E-state index contributed by atoms with van der Waals surface area (Å²) in [7, 11) is 0. The Bertz CT molecular complexity index is 308. The van der Waals surface area contributed by atoms with Crippen LogP contribution in [0.1, 0.15) is 42.9 Å². The Morgan fingerprint density at radius 3 is 2.64 bits per heavy atom. The highest BCUT2D eigenvalue weighted by Gasteiger charge is 2.07. The fourth-order valence-electron chi connectivity index (χ4n) is 1.80. The van der Waals surface area contributed by atoms with Crippen molar-refractivity contribution in [1.82, 2.24) is 0 Å². The first-order valence-corrected chi connectivity index (χ1v) is 5.28. The van der Waals surface area contributed by atoms with E-state index in [1.165, 1.54) is 23.1 Å². The second-order valence-electron chi connectivity index (χ2n) is 3.78. The van der Waals surface area contributed by atoms with Gasteiger partial charge in [-0.25, -0.2) is 0 Å². The highest BCUT2D eigenvalue weighted by Crippen LogP contribution is 2.24. The molecular formula is C14H19. The van der Waals surface area contributed by atoms with E-state index in [0.29, 0.717) is 5.92 Å². The minimum absolute atomic E-state index is 0.333. The van der Waals surface area contributed by atoms with E-state index in [-0.39, 0.29) is 0 Å². The van der Waals surface area contributed by atoms with E-state index in [9.17, 15) is 0 Å². The van der Waals surface area contributed by atoms with E-state index in [1.54, 1.807) is 0 Å². The zero-order valence-electron chi connectivity index (χ0n) is 9.22. The van der Waals surface area contributed by atoms with Gasteiger partial charge in [0.15, 0.2) is 0 Å². The summed E-state index contributed by atoms with van der Waals surface area (Å²) in [5.41, 5.74) is 4.00. The summed E-state index contributed by atoms with van der Waals surface area (Å²) in [5, 5.41) is 0. The maximum atomic E-state index is 4.07. The lowest BCUT2D eigenvalue weighted by Gasteiger charge is -2.13. The highest BCUT2D eigenvalue weighted by molar-refractivity contribution is 5.57. The normalized spacial score (nSPS) is 10.6. The Kier molecular flexibility index (Phi) is 3.94. The third-order valence-corrected chi connectivity index (χ3v) is 2.48. The van der Waals surface area contributed by atoms with E-state index < -0.39 is 0 Å². The first kappa shape index (κ1) is 11.0. The minimum atomic E-state index is 0.333. The lowest BCUT2D eigenvalue weighted by Crippen LogP contribution is -1.97. The van der Waals surface area contributed by atoms with Crippen LogP contribution in [0.2, 0.25) is 0 Å². The van der Waals surface area contributed by atoms with Gasteiger partial charge >= 0.3 is 0 Å². The van der Waals surface area contributed by atoms with Crippen LogP contribution < -0.4 is 0 Å². The molecule has 1 aromatic carbocycles. The van der Waals surface area contributed by atoms with Crippen LogP contribution in [-0.4, -0.2) is 0 Å². The van der Waals surface area contributed by atoms with Crippen molar-refractivity contribution in [2.24, 2.45) is 0 Å². The standard InChI is InChI=1S/C14H19/c1-5-8-12-9-7-10-14(11(3)4)13(12)6-2/h6-7,9-11H,2-3,5,8H2,1,4H3. The van der Waals surface area contributed by atoms with E-state index in [4.69, 9.17) is 0 Å². The summed E-state index contributed by atoms with van der Waals surface area (Å²) in [6.07, 6.45) is 4.26. The Morgan fingerprint density at radius 1 is 1.43 bits per heavy atom. The fourth-order valence-corrected chi connectivity index (χ4v) is 1.80. The summed E-state index contributed by atoms with van der Waals surface area (Å²) < 4.78 is 0. The average molecular weight is 187 g/mol. The molecule has 0 amide bonds. The van der Waals surface area contributed by atoms with Crippen molar-refractivity contribution in [3.8, 4) is 0 Å². The SMILES string of the molecule is [CH2]C(C)c1cccc(CCC)c1C=C. The molecule has 0 nitrogen and oxygen atoms in total. The molecule has 0 spiro atoms. The van der Waals surface area contributed by atoms with Gasteiger partial charge in [-0.3, -0.25) is 0 Å². The molecule has 0 aliphatic carbocycles. The van der Waals surface area contributed by atoms with Gasteiger partial charge in [0.2, 0.25) is 0 Å². The number of rotatable bonds is 4. The molecule has 0 aliphatic rings. The minimum Gasteiger partial charge on any atom is -0.0984 e. The number of aryl methyl sites for hydroxylation is 1. The molecule has 1 rings (SSSR count). The smallest absolute Gasteiger partial charge is 0.0184 e. The van der Waals surface area contributed by atoms with Gasteiger partial charge in [0.05, 0.1) is 0 Å². The van der Waals surface area contributed by atoms with Gasteiger partial charge in [0, 0.05) is 0 Å². The van der Waals surface area contributed by atoms with Crippen LogP contribution in [0.15, 0.2) is 24.8 Å². The molecular weight excluding hydrogens is 168 g/mol. The van der Waals surface area contributed by atoms with Gasteiger partial charge in [-0.05, 0) is 36.0 Å². The van der Waals surface area contributed by atoms with Crippen LogP contribution in [0.4, 0.5) is 0 Å². The molecule has 0 N–H and O–H groups in total. The third-order valence-electron chi connectivity index (χ3n) is 2.48. The molecule has 1 aromatic rings. The van der Waals surface area contributed by atoms with E-state index >= 15 is 0 Å². The van der Waals surface area contributed by atoms with E-state index in [0.717, 1.165) is 6.42 Å². The Labute approximate surface area is 87.7 Å². The molecule has 75 valence electrons. The van der Waals surface area contributed by atoms with E-state index in [1.807, 2.05) is 6.08 Å². The largest absolute Gasteiger partial charge is 0.0984 e. The molecule has 0 bridgehead atoms. The molecule has 0 heteroatoms. The van der Waals surface area contributed by atoms with Crippen molar-refractivity contribution >= 4 is 6.08 Å². The van der Waals surface area contributed by atoms with Crippen LogP contribution in [0.5, 0.6) is 0 Å². The number of hydrogen-bond acceptors (Lipinski definition) is 0. The predicted octanol–water partition coefficient (Wildman–Crippen LogP) is 4.22. The van der Waals surface area contributed by atoms with E-state index in [2.05, 4.69) is 45.5 Å². The molecule has 1 unspecified atom stereocenters. The summed E-state index contributed by atoms with van der Waals surface area (Å²) in [5.74, 6) is 0.333. The van der Waals surface area contributed by atoms with Crippen LogP contribution in [0.3, 0.4) is 0 Å². The summed E-state index contributed by atoms with van der Waals surface area (Å²) in [6, 6.07) is 6.45. The van der Waals surface area contributed by atoms with Gasteiger partial charge in [-0.2, -0.15) is 0 Å². The van der Waals surface area contributed by atoms with Gasteiger partial charge in [0.1, 0.15) is 0 Å². The predicted molar refractivity (Wildman–Crippen MR) is 64.3 cm³/mol.